The third-order valence-corrected chi connectivity index (χ3v) is 4.21. The number of amides is 1. The van der Waals surface area contributed by atoms with Crippen LogP contribution in [0, 0.1) is 0 Å². The molecule has 2 heterocycles. The maximum absolute atomic E-state index is 11.0. The first-order chi connectivity index (χ1) is 12.2. The molecule has 1 fully saturated rings. The van der Waals surface area contributed by atoms with Crippen LogP contribution in [0.15, 0.2) is 48.8 Å². The molecule has 0 aliphatic carbocycles. The summed E-state index contributed by atoms with van der Waals surface area (Å²) in [6.45, 7) is 1.83. The molecule has 4 N–H and O–H groups in total. The SMILES string of the molecule is O=C(/C=C/c1cnc(N[C@]2(Cc3ccccc3)CCNC2)cn1)NO. The molecule has 1 aromatic carbocycles. The Balaban J connectivity index is 1.70. The topological polar surface area (TPSA) is 99.2 Å². The largest absolute Gasteiger partial charge is 0.362 e. The van der Waals surface area contributed by atoms with Crippen molar-refractivity contribution >= 4 is 17.8 Å². The first-order valence-corrected chi connectivity index (χ1v) is 8.16. The summed E-state index contributed by atoms with van der Waals surface area (Å²) in [5.41, 5.74) is 3.25. The molecule has 1 aliphatic heterocycles. The highest BCUT2D eigenvalue weighted by Crippen LogP contribution is 2.25. The van der Waals surface area contributed by atoms with E-state index in [1.807, 2.05) is 6.07 Å². The van der Waals surface area contributed by atoms with Crippen molar-refractivity contribution in [3.8, 4) is 0 Å². The zero-order valence-electron chi connectivity index (χ0n) is 13.8. The van der Waals surface area contributed by atoms with Crippen LogP contribution >= 0.6 is 0 Å². The average molecular weight is 339 g/mol. The summed E-state index contributed by atoms with van der Waals surface area (Å²) in [4.78, 5) is 19.6. The van der Waals surface area contributed by atoms with Crippen molar-refractivity contribution in [1.29, 1.82) is 0 Å². The number of benzene rings is 1. The van der Waals surface area contributed by atoms with Crippen LogP contribution in [0.3, 0.4) is 0 Å². The summed E-state index contributed by atoms with van der Waals surface area (Å²) in [5.74, 6) is 0.0891. The normalized spacial score (nSPS) is 19.9. The summed E-state index contributed by atoms with van der Waals surface area (Å²) in [6.07, 6.45) is 7.82. The fourth-order valence-electron chi connectivity index (χ4n) is 2.99. The molecule has 1 aliphatic rings. The van der Waals surface area contributed by atoms with Gasteiger partial charge in [-0.1, -0.05) is 30.3 Å². The van der Waals surface area contributed by atoms with E-state index in [4.69, 9.17) is 5.21 Å². The van der Waals surface area contributed by atoms with E-state index in [1.165, 1.54) is 23.2 Å². The molecule has 1 saturated heterocycles. The maximum Gasteiger partial charge on any atom is 0.267 e. The minimum absolute atomic E-state index is 0.0931. The van der Waals surface area contributed by atoms with Crippen LogP contribution in [0.5, 0.6) is 0 Å². The van der Waals surface area contributed by atoms with Gasteiger partial charge >= 0.3 is 0 Å². The molecule has 0 bridgehead atoms. The third kappa shape index (κ3) is 4.62. The van der Waals surface area contributed by atoms with Crippen LogP contribution in [0.4, 0.5) is 5.82 Å². The van der Waals surface area contributed by atoms with Gasteiger partial charge in [0.05, 0.1) is 23.6 Å². The molecule has 1 atom stereocenters. The lowest BCUT2D eigenvalue weighted by molar-refractivity contribution is -0.124. The molecule has 0 spiro atoms. The summed E-state index contributed by atoms with van der Waals surface area (Å²) >= 11 is 0. The highest BCUT2D eigenvalue weighted by molar-refractivity contribution is 5.90. The molecular weight excluding hydrogens is 318 g/mol. The molecule has 130 valence electrons. The Kier molecular flexibility index (Phi) is 5.37. The van der Waals surface area contributed by atoms with E-state index in [9.17, 15) is 4.79 Å². The lowest BCUT2D eigenvalue weighted by atomic mass is 9.90. The second-order valence-electron chi connectivity index (χ2n) is 6.13. The number of rotatable bonds is 6. The van der Waals surface area contributed by atoms with Gasteiger partial charge in [-0.15, -0.1) is 0 Å². The van der Waals surface area contributed by atoms with Crippen molar-refractivity contribution < 1.29 is 10.0 Å². The van der Waals surface area contributed by atoms with Gasteiger partial charge in [0, 0.05) is 12.6 Å². The van der Waals surface area contributed by atoms with Crippen LogP contribution in [-0.4, -0.2) is 39.7 Å². The number of nitrogens with one attached hydrogen (secondary N) is 3. The highest BCUT2D eigenvalue weighted by atomic mass is 16.5. The third-order valence-electron chi connectivity index (χ3n) is 4.21. The van der Waals surface area contributed by atoms with Gasteiger partial charge in [0.2, 0.25) is 0 Å². The van der Waals surface area contributed by atoms with Crippen LogP contribution in [0.25, 0.3) is 6.08 Å². The lowest BCUT2D eigenvalue weighted by Gasteiger charge is -2.30. The number of carbonyl (C=O) groups is 1. The Morgan fingerprint density at radius 1 is 1.28 bits per heavy atom. The Bertz CT molecular complexity index is 725. The Hall–Kier alpha value is -2.77. The molecule has 0 radical (unpaired) electrons. The summed E-state index contributed by atoms with van der Waals surface area (Å²) < 4.78 is 0. The number of anilines is 1. The van der Waals surface area contributed by atoms with Gasteiger partial charge < -0.3 is 10.6 Å². The second kappa shape index (κ2) is 7.87. The monoisotopic (exact) mass is 339 g/mol. The molecule has 2 aromatic rings. The first-order valence-electron chi connectivity index (χ1n) is 8.16. The zero-order chi connectivity index (χ0) is 17.5. The van der Waals surface area contributed by atoms with Gasteiger partial charge in [-0.2, -0.15) is 0 Å². The van der Waals surface area contributed by atoms with E-state index >= 15 is 0 Å². The Morgan fingerprint density at radius 2 is 2.12 bits per heavy atom. The van der Waals surface area contributed by atoms with Crippen LogP contribution in [0.2, 0.25) is 0 Å². The van der Waals surface area contributed by atoms with Crippen molar-refractivity contribution in [2.75, 3.05) is 18.4 Å². The summed E-state index contributed by atoms with van der Waals surface area (Å²) in [6, 6.07) is 10.4. The Labute approximate surface area is 146 Å². The predicted octanol–water partition coefficient (Wildman–Crippen LogP) is 1.38. The maximum atomic E-state index is 11.0. The molecule has 0 saturated carbocycles. The van der Waals surface area contributed by atoms with Crippen LogP contribution in [-0.2, 0) is 11.2 Å². The summed E-state index contributed by atoms with van der Waals surface area (Å²) in [5, 5.41) is 15.4. The standard InChI is InChI=1S/C18H21N5O2/c24-17(23-25)7-6-15-11-21-16(12-20-15)22-18(8-9-19-13-18)10-14-4-2-1-3-5-14/h1-7,11-12,19,25H,8-10,13H2,(H,21,22)(H,23,24)/b7-6+/t18-/m0/s1. The minimum atomic E-state index is -0.608. The fourth-order valence-corrected chi connectivity index (χ4v) is 2.99. The van der Waals surface area contributed by atoms with E-state index in [0.717, 1.165) is 25.9 Å². The smallest absolute Gasteiger partial charge is 0.267 e. The van der Waals surface area contributed by atoms with E-state index in [-0.39, 0.29) is 5.54 Å². The molecule has 1 amide bonds. The number of carbonyl (C=O) groups excluding carboxylic acids is 1. The number of hydroxylamine groups is 1. The van der Waals surface area contributed by atoms with Gasteiger partial charge in [-0.25, -0.2) is 10.5 Å². The van der Waals surface area contributed by atoms with Gasteiger partial charge in [-0.05, 0) is 31.0 Å². The molecule has 1 aromatic heterocycles. The minimum Gasteiger partial charge on any atom is -0.362 e. The number of aromatic nitrogens is 2. The number of hydrogen-bond donors (Lipinski definition) is 4. The summed E-state index contributed by atoms with van der Waals surface area (Å²) in [7, 11) is 0. The quantitative estimate of drug-likeness (QED) is 0.361. The van der Waals surface area contributed by atoms with Crippen molar-refractivity contribution in [3.05, 3.63) is 60.1 Å². The number of nitrogens with zero attached hydrogens (tertiary/aromatic N) is 2. The highest BCUT2D eigenvalue weighted by Gasteiger charge is 2.34. The average Bonchev–Trinajstić information content (AvgIpc) is 3.09. The Morgan fingerprint density at radius 3 is 2.76 bits per heavy atom. The molecule has 3 rings (SSSR count). The van der Waals surface area contributed by atoms with Gasteiger partial charge in [0.15, 0.2) is 0 Å². The van der Waals surface area contributed by atoms with Gasteiger partial charge in [0.25, 0.3) is 5.91 Å². The van der Waals surface area contributed by atoms with Gasteiger partial charge in [0.1, 0.15) is 5.82 Å². The zero-order valence-corrected chi connectivity index (χ0v) is 13.8. The van der Waals surface area contributed by atoms with E-state index in [0.29, 0.717) is 11.5 Å². The van der Waals surface area contributed by atoms with Crippen molar-refractivity contribution in [3.63, 3.8) is 0 Å². The fraction of sp³-hybridized carbons (Fsp3) is 0.278. The molecular formula is C18H21N5O2. The van der Waals surface area contributed by atoms with Crippen molar-refractivity contribution in [1.82, 2.24) is 20.8 Å². The van der Waals surface area contributed by atoms with E-state index in [1.54, 1.807) is 12.4 Å². The first kappa shape index (κ1) is 17.1. The van der Waals surface area contributed by atoms with Crippen molar-refractivity contribution in [2.45, 2.75) is 18.4 Å². The number of hydrogen-bond acceptors (Lipinski definition) is 6. The van der Waals surface area contributed by atoms with Crippen LogP contribution < -0.4 is 16.1 Å². The van der Waals surface area contributed by atoms with Gasteiger partial charge in [-0.3, -0.25) is 15.0 Å². The molecule has 25 heavy (non-hydrogen) atoms. The van der Waals surface area contributed by atoms with E-state index < -0.39 is 5.91 Å². The molecule has 7 heteroatoms. The predicted molar refractivity (Wildman–Crippen MR) is 95.0 cm³/mol. The van der Waals surface area contributed by atoms with Crippen molar-refractivity contribution in [2.24, 2.45) is 0 Å². The lowest BCUT2D eigenvalue weighted by Crippen LogP contribution is -2.43. The van der Waals surface area contributed by atoms with E-state index in [2.05, 4.69) is 44.9 Å². The molecule has 7 nitrogen and oxygen atoms in total. The van der Waals surface area contributed by atoms with Crippen LogP contribution in [0.1, 0.15) is 17.7 Å². The second-order valence-corrected chi connectivity index (χ2v) is 6.13. The molecule has 0 unspecified atom stereocenters.